The lowest BCUT2D eigenvalue weighted by Crippen LogP contribution is -2.59. The van der Waals surface area contributed by atoms with E-state index in [4.69, 9.17) is 4.74 Å². The van der Waals surface area contributed by atoms with Crippen LogP contribution in [0.1, 0.15) is 70.2 Å². The number of hydrogen-bond donors (Lipinski definition) is 0. The Balaban J connectivity index is 1.47. The van der Waals surface area contributed by atoms with E-state index < -0.39 is 0 Å². The highest BCUT2D eigenvalue weighted by Crippen LogP contribution is 2.37. The number of nitriles is 1. The molecule has 0 N–H and O–H groups in total. The highest BCUT2D eigenvalue weighted by atomic mass is 19.1. The molecule has 8 nitrogen and oxygen atoms in total. The summed E-state index contributed by atoms with van der Waals surface area (Å²) in [5.41, 5.74) is 1.82. The van der Waals surface area contributed by atoms with Crippen molar-refractivity contribution in [3.05, 3.63) is 57.9 Å². The van der Waals surface area contributed by atoms with Crippen LogP contribution in [0.3, 0.4) is 0 Å². The van der Waals surface area contributed by atoms with Crippen LogP contribution in [0, 0.1) is 23.1 Å². The van der Waals surface area contributed by atoms with Crippen molar-refractivity contribution in [3.63, 3.8) is 0 Å². The molecule has 1 saturated heterocycles. The zero-order chi connectivity index (χ0) is 27.7. The number of aromatic nitrogens is 3. The topological polar surface area (TPSA) is 87.3 Å². The van der Waals surface area contributed by atoms with E-state index in [0.29, 0.717) is 53.8 Å². The number of hydrogen-bond acceptors (Lipinski definition) is 7. The SMILES string of the molecule is CCC(c1ccc(OCC2CC2)cc1F)N1C[C@H](CC)N(c2nc(=O)n(C)c3ccc(C#N)nc23)C[C@@H]1CC. The largest absolute Gasteiger partial charge is 0.493 e. The Kier molecular flexibility index (Phi) is 7.85. The summed E-state index contributed by atoms with van der Waals surface area (Å²) in [6.07, 6.45) is 4.83. The van der Waals surface area contributed by atoms with Gasteiger partial charge in [-0.15, -0.1) is 0 Å². The molecule has 1 aliphatic carbocycles. The van der Waals surface area contributed by atoms with E-state index in [2.05, 4.69) is 46.6 Å². The molecular formula is C30H37FN6O2. The summed E-state index contributed by atoms with van der Waals surface area (Å²) in [6.45, 7) is 8.34. The minimum Gasteiger partial charge on any atom is -0.493 e. The molecule has 2 fully saturated rings. The zero-order valence-corrected chi connectivity index (χ0v) is 23.2. The average Bonchev–Trinajstić information content (AvgIpc) is 3.79. The van der Waals surface area contributed by atoms with Gasteiger partial charge in [0.25, 0.3) is 0 Å². The van der Waals surface area contributed by atoms with Gasteiger partial charge in [-0.2, -0.15) is 10.2 Å². The van der Waals surface area contributed by atoms with Crippen molar-refractivity contribution in [2.45, 2.75) is 71.0 Å². The molecule has 9 heteroatoms. The van der Waals surface area contributed by atoms with Crippen LogP contribution in [0.5, 0.6) is 5.75 Å². The number of fused-ring (bicyclic) bond motifs is 1. The molecule has 3 heterocycles. The lowest BCUT2D eigenvalue weighted by Gasteiger charge is -2.49. The highest BCUT2D eigenvalue weighted by molar-refractivity contribution is 5.86. The van der Waals surface area contributed by atoms with E-state index in [1.54, 1.807) is 19.2 Å². The summed E-state index contributed by atoms with van der Waals surface area (Å²) in [7, 11) is 1.67. The predicted octanol–water partition coefficient (Wildman–Crippen LogP) is 4.96. The molecule has 1 unspecified atom stereocenters. The Bertz CT molecular complexity index is 1450. The lowest BCUT2D eigenvalue weighted by atomic mass is 9.94. The van der Waals surface area contributed by atoms with Crippen molar-refractivity contribution in [2.75, 3.05) is 24.6 Å². The molecule has 1 aromatic carbocycles. The molecule has 1 saturated carbocycles. The van der Waals surface area contributed by atoms with Crippen molar-refractivity contribution >= 4 is 16.9 Å². The molecule has 5 rings (SSSR count). The van der Waals surface area contributed by atoms with Gasteiger partial charge < -0.3 is 9.64 Å². The Labute approximate surface area is 229 Å². The smallest absolute Gasteiger partial charge is 0.349 e. The third kappa shape index (κ3) is 5.35. The van der Waals surface area contributed by atoms with Gasteiger partial charge in [-0.05, 0) is 56.2 Å². The third-order valence-corrected chi connectivity index (χ3v) is 8.30. The van der Waals surface area contributed by atoms with Crippen molar-refractivity contribution in [2.24, 2.45) is 13.0 Å². The van der Waals surface area contributed by atoms with E-state index in [0.717, 1.165) is 19.3 Å². The molecule has 0 bridgehead atoms. The third-order valence-electron chi connectivity index (χ3n) is 8.30. The number of piperazine rings is 1. The molecule has 2 aliphatic rings. The summed E-state index contributed by atoms with van der Waals surface area (Å²) < 4.78 is 22.7. The van der Waals surface area contributed by atoms with Gasteiger partial charge in [-0.25, -0.2) is 14.2 Å². The van der Waals surface area contributed by atoms with E-state index >= 15 is 4.39 Å². The minimum absolute atomic E-state index is 0.0430. The first-order valence-electron chi connectivity index (χ1n) is 14.1. The van der Waals surface area contributed by atoms with Crippen LogP contribution in [-0.2, 0) is 7.05 Å². The standard InChI is InChI=1S/C30H37FN6O2/c1-5-21-17-37(29-28-27(35(4)30(38)34-29)13-10-20(15-32)33-28)22(6-2)16-36(21)26(7-3)24-12-11-23(14-25(24)31)39-18-19-8-9-19/h10-14,19,21-22,26H,5-9,16-18H2,1-4H3/t21-,22-,26?/m0/s1. The van der Waals surface area contributed by atoms with E-state index in [1.807, 2.05) is 12.1 Å². The summed E-state index contributed by atoms with van der Waals surface area (Å²) in [5.74, 6) is 1.50. The summed E-state index contributed by atoms with van der Waals surface area (Å²) in [6, 6.07) is 10.9. The van der Waals surface area contributed by atoms with Crippen LogP contribution in [0.15, 0.2) is 35.1 Å². The predicted molar refractivity (Wildman–Crippen MR) is 149 cm³/mol. The first-order chi connectivity index (χ1) is 18.9. The van der Waals surface area contributed by atoms with Gasteiger partial charge in [-0.1, -0.05) is 26.8 Å². The average molecular weight is 533 g/mol. The van der Waals surface area contributed by atoms with Gasteiger partial charge in [0.05, 0.1) is 12.1 Å². The Hall–Kier alpha value is -3.51. The Morgan fingerprint density at radius 3 is 2.51 bits per heavy atom. The second kappa shape index (κ2) is 11.3. The van der Waals surface area contributed by atoms with Crippen molar-refractivity contribution in [1.82, 2.24) is 19.4 Å². The van der Waals surface area contributed by atoms with Gasteiger partial charge in [-0.3, -0.25) is 9.47 Å². The van der Waals surface area contributed by atoms with Crippen LogP contribution >= 0.6 is 0 Å². The normalized spacial score (nSPS) is 20.7. The van der Waals surface area contributed by atoms with Gasteiger partial charge in [0.15, 0.2) is 5.82 Å². The van der Waals surface area contributed by atoms with Crippen LogP contribution in [0.25, 0.3) is 11.0 Å². The number of ether oxygens (including phenoxy) is 1. The first kappa shape index (κ1) is 27.1. The second-order valence-electron chi connectivity index (χ2n) is 10.8. The molecular weight excluding hydrogens is 495 g/mol. The second-order valence-corrected chi connectivity index (χ2v) is 10.8. The Morgan fingerprint density at radius 2 is 1.87 bits per heavy atom. The number of anilines is 1. The van der Waals surface area contributed by atoms with E-state index in [9.17, 15) is 10.1 Å². The summed E-state index contributed by atoms with van der Waals surface area (Å²) >= 11 is 0. The molecule has 2 aromatic heterocycles. The number of benzene rings is 1. The molecule has 0 amide bonds. The van der Waals surface area contributed by atoms with Gasteiger partial charge in [0.1, 0.15) is 28.8 Å². The Morgan fingerprint density at radius 1 is 1.10 bits per heavy atom. The molecule has 0 radical (unpaired) electrons. The fraction of sp³-hybridized carbons (Fsp3) is 0.533. The first-order valence-corrected chi connectivity index (χ1v) is 14.1. The quantitative estimate of drug-likeness (QED) is 0.385. The summed E-state index contributed by atoms with van der Waals surface area (Å²) in [4.78, 5) is 26.4. The van der Waals surface area contributed by atoms with Crippen LogP contribution < -0.4 is 15.3 Å². The fourth-order valence-corrected chi connectivity index (χ4v) is 5.80. The van der Waals surface area contributed by atoms with Crippen molar-refractivity contribution < 1.29 is 9.13 Å². The minimum atomic E-state index is -0.355. The molecule has 39 heavy (non-hydrogen) atoms. The lowest BCUT2D eigenvalue weighted by molar-refractivity contribution is 0.0876. The number of aryl methyl sites for hydroxylation is 1. The molecule has 3 aromatic rings. The molecule has 206 valence electrons. The number of pyridine rings is 1. The highest BCUT2D eigenvalue weighted by Gasteiger charge is 2.38. The van der Waals surface area contributed by atoms with Crippen LogP contribution in [0.4, 0.5) is 10.2 Å². The van der Waals surface area contributed by atoms with E-state index in [1.165, 1.54) is 23.5 Å². The maximum absolute atomic E-state index is 15.5. The monoisotopic (exact) mass is 532 g/mol. The number of nitrogens with zero attached hydrogens (tertiary/aromatic N) is 6. The van der Waals surface area contributed by atoms with Gasteiger partial charge in [0.2, 0.25) is 0 Å². The maximum atomic E-state index is 15.5. The zero-order valence-electron chi connectivity index (χ0n) is 23.2. The molecule has 1 aliphatic heterocycles. The van der Waals surface area contributed by atoms with Gasteiger partial charge in [0, 0.05) is 49.9 Å². The van der Waals surface area contributed by atoms with Gasteiger partial charge >= 0.3 is 5.69 Å². The molecule has 0 spiro atoms. The van der Waals surface area contributed by atoms with Crippen molar-refractivity contribution in [1.29, 1.82) is 5.26 Å². The van der Waals surface area contributed by atoms with Crippen LogP contribution in [0.2, 0.25) is 0 Å². The number of rotatable bonds is 9. The molecule has 3 atom stereocenters. The summed E-state index contributed by atoms with van der Waals surface area (Å²) in [5, 5.41) is 9.47. The maximum Gasteiger partial charge on any atom is 0.349 e. The van der Waals surface area contributed by atoms with E-state index in [-0.39, 0.29) is 35.3 Å². The van der Waals surface area contributed by atoms with Crippen LogP contribution in [-0.4, -0.2) is 51.2 Å². The fourth-order valence-electron chi connectivity index (χ4n) is 5.80. The van der Waals surface area contributed by atoms with Crippen molar-refractivity contribution in [3.8, 4) is 11.8 Å². The number of halogens is 1.